The van der Waals surface area contributed by atoms with Crippen molar-refractivity contribution < 1.29 is 0 Å². The summed E-state index contributed by atoms with van der Waals surface area (Å²) in [6.07, 6.45) is 15.2. The molecule has 0 aromatic carbocycles. The van der Waals surface area contributed by atoms with Crippen LogP contribution in [0.15, 0.2) is 12.2 Å². The number of unbranched alkanes of at least 4 members (excludes halogenated alkanes) is 1. The second-order valence-corrected chi connectivity index (χ2v) is 10.8. The highest BCUT2D eigenvalue weighted by Gasteiger charge is 2.37. The molecule has 0 aromatic heterocycles. The van der Waals surface area contributed by atoms with E-state index in [1.807, 2.05) is 0 Å². The predicted octanol–water partition coefficient (Wildman–Crippen LogP) is 9.03. The van der Waals surface area contributed by atoms with Gasteiger partial charge in [0.15, 0.2) is 0 Å². The van der Waals surface area contributed by atoms with Crippen LogP contribution in [0.2, 0.25) is 0 Å². The second-order valence-electron chi connectivity index (χ2n) is 10.2. The minimum Gasteiger partial charge on any atom is -0.123 e. The van der Waals surface area contributed by atoms with E-state index in [1.54, 1.807) is 0 Å². The molecule has 1 saturated carbocycles. The normalized spacial score (nSPS) is 25.2. The smallest absolute Gasteiger partial charge is 0.0367 e. The summed E-state index contributed by atoms with van der Waals surface area (Å²) in [5.41, 5.74) is 1.47. The summed E-state index contributed by atoms with van der Waals surface area (Å²) >= 11 is 6.75. The monoisotopic (exact) mass is 382 g/mol. The van der Waals surface area contributed by atoms with Gasteiger partial charge in [-0.3, -0.25) is 0 Å². The van der Waals surface area contributed by atoms with E-state index in [-0.39, 0.29) is 10.8 Å². The summed E-state index contributed by atoms with van der Waals surface area (Å²) in [5.74, 6) is 3.54. The third-order valence-electron chi connectivity index (χ3n) is 7.26. The van der Waals surface area contributed by atoms with Crippen molar-refractivity contribution in [1.82, 2.24) is 0 Å². The van der Waals surface area contributed by atoms with E-state index >= 15 is 0 Å². The molecule has 1 aliphatic carbocycles. The summed E-state index contributed by atoms with van der Waals surface area (Å²) in [6, 6.07) is 0. The molecular formula is C25H47Cl. The van der Waals surface area contributed by atoms with Crippen LogP contribution >= 0.6 is 11.6 Å². The number of hydrogen-bond donors (Lipinski definition) is 0. The summed E-state index contributed by atoms with van der Waals surface area (Å²) in [4.78, 5) is 0. The maximum atomic E-state index is 6.75. The van der Waals surface area contributed by atoms with E-state index in [2.05, 4.69) is 48.1 Å². The van der Waals surface area contributed by atoms with Gasteiger partial charge in [0, 0.05) is 5.38 Å². The average molecular weight is 383 g/mol. The number of hydrogen-bond acceptors (Lipinski definition) is 0. The Morgan fingerprint density at radius 1 is 1.08 bits per heavy atom. The fraction of sp³-hybridized carbons (Fsp3) is 0.920. The second kappa shape index (κ2) is 11.8. The van der Waals surface area contributed by atoms with E-state index < -0.39 is 0 Å². The van der Waals surface area contributed by atoms with Crippen LogP contribution in [0.5, 0.6) is 0 Å². The molecule has 0 N–H and O–H groups in total. The Morgan fingerprint density at radius 2 is 1.73 bits per heavy atom. The summed E-state index contributed by atoms with van der Waals surface area (Å²) in [6.45, 7) is 18.1. The molecule has 0 aromatic rings. The molecule has 0 radical (unpaired) electrons. The quantitative estimate of drug-likeness (QED) is 0.169. The van der Waals surface area contributed by atoms with Gasteiger partial charge in [-0.25, -0.2) is 0 Å². The minimum atomic E-state index is 0.183. The van der Waals surface area contributed by atoms with E-state index in [9.17, 15) is 0 Å². The van der Waals surface area contributed by atoms with Crippen LogP contribution in [0.4, 0.5) is 0 Å². The van der Waals surface area contributed by atoms with Gasteiger partial charge >= 0.3 is 0 Å². The summed E-state index contributed by atoms with van der Waals surface area (Å²) in [7, 11) is 0. The van der Waals surface area contributed by atoms with E-state index in [4.69, 9.17) is 11.6 Å². The maximum absolute atomic E-state index is 6.75. The predicted molar refractivity (Wildman–Crippen MR) is 120 cm³/mol. The van der Waals surface area contributed by atoms with Crippen molar-refractivity contribution in [3.8, 4) is 0 Å². The zero-order valence-corrected chi connectivity index (χ0v) is 19.5. The first-order valence-corrected chi connectivity index (χ1v) is 11.9. The Kier molecular flexibility index (Phi) is 10.9. The summed E-state index contributed by atoms with van der Waals surface area (Å²) in [5, 5.41) is 0.205. The van der Waals surface area contributed by atoms with Gasteiger partial charge in [0.05, 0.1) is 0 Å². The van der Waals surface area contributed by atoms with E-state index in [0.717, 1.165) is 30.1 Å². The van der Waals surface area contributed by atoms with Crippen molar-refractivity contribution in [3.05, 3.63) is 12.2 Å². The van der Waals surface area contributed by atoms with Crippen LogP contribution in [-0.4, -0.2) is 5.38 Å². The molecule has 0 spiro atoms. The van der Waals surface area contributed by atoms with Crippen molar-refractivity contribution in [2.45, 2.75) is 118 Å². The topological polar surface area (TPSA) is 0 Å². The molecule has 5 unspecified atom stereocenters. The molecule has 1 aliphatic rings. The molecule has 1 heteroatoms. The first-order valence-electron chi connectivity index (χ1n) is 11.5. The SMILES string of the molecule is C=C(C)CC(C)(C(C)Cl)C(CCCCC1CCC(CC)C1)CCC(C)C. The van der Waals surface area contributed by atoms with Crippen LogP contribution in [0.3, 0.4) is 0 Å². The van der Waals surface area contributed by atoms with Crippen LogP contribution in [0, 0.1) is 29.1 Å². The standard InChI is InChI=1S/C25H47Cl/c1-8-22-14-15-23(17-22)11-9-10-12-24(16-13-19(2)3)25(7,21(6)26)18-20(4)5/h19,21-24H,4,8-18H2,1-3,5-7H3. The van der Waals surface area contributed by atoms with Gasteiger partial charge in [-0.15, -0.1) is 18.2 Å². The number of alkyl halides is 1. The van der Waals surface area contributed by atoms with E-state index in [0.29, 0.717) is 0 Å². The van der Waals surface area contributed by atoms with Crippen molar-refractivity contribution in [2.24, 2.45) is 29.1 Å². The first-order chi connectivity index (χ1) is 12.2. The molecule has 5 atom stereocenters. The lowest BCUT2D eigenvalue weighted by atomic mass is 9.66. The van der Waals surface area contributed by atoms with Crippen molar-refractivity contribution in [2.75, 3.05) is 0 Å². The molecule has 0 heterocycles. The average Bonchev–Trinajstić information content (AvgIpc) is 3.00. The van der Waals surface area contributed by atoms with Gasteiger partial charge in [0.1, 0.15) is 0 Å². The van der Waals surface area contributed by atoms with Gasteiger partial charge < -0.3 is 0 Å². The van der Waals surface area contributed by atoms with Gasteiger partial charge in [0.2, 0.25) is 0 Å². The highest BCUT2D eigenvalue weighted by atomic mass is 35.5. The molecular weight excluding hydrogens is 336 g/mol. The maximum Gasteiger partial charge on any atom is 0.0367 e. The molecule has 154 valence electrons. The fourth-order valence-electron chi connectivity index (χ4n) is 5.23. The van der Waals surface area contributed by atoms with Crippen LogP contribution in [0.25, 0.3) is 0 Å². The number of halogens is 1. The Hall–Kier alpha value is 0.0300. The Bertz CT molecular complexity index is 397. The number of allylic oxidation sites excluding steroid dienone is 1. The van der Waals surface area contributed by atoms with Crippen LogP contribution in [-0.2, 0) is 0 Å². The Balaban J connectivity index is 2.57. The van der Waals surface area contributed by atoms with Crippen molar-refractivity contribution in [3.63, 3.8) is 0 Å². The molecule has 0 nitrogen and oxygen atoms in total. The molecule has 0 amide bonds. The minimum absolute atomic E-state index is 0.183. The molecule has 1 rings (SSSR count). The Morgan fingerprint density at radius 3 is 2.23 bits per heavy atom. The highest BCUT2D eigenvalue weighted by Crippen LogP contribution is 2.45. The molecule has 0 saturated heterocycles. The lowest BCUT2D eigenvalue weighted by molar-refractivity contribution is 0.146. The molecule has 0 bridgehead atoms. The molecule has 1 fully saturated rings. The van der Waals surface area contributed by atoms with Crippen LogP contribution in [0.1, 0.15) is 112 Å². The lowest BCUT2D eigenvalue weighted by Crippen LogP contribution is -2.35. The first kappa shape index (κ1) is 24.1. The number of rotatable bonds is 13. The highest BCUT2D eigenvalue weighted by molar-refractivity contribution is 6.20. The zero-order valence-electron chi connectivity index (χ0n) is 18.7. The van der Waals surface area contributed by atoms with Crippen molar-refractivity contribution >= 4 is 11.6 Å². The Labute approximate surface area is 170 Å². The molecule has 0 aliphatic heterocycles. The third-order valence-corrected chi connectivity index (χ3v) is 7.76. The van der Waals surface area contributed by atoms with Gasteiger partial charge in [0.25, 0.3) is 0 Å². The molecule has 26 heavy (non-hydrogen) atoms. The fourth-order valence-corrected chi connectivity index (χ4v) is 5.49. The van der Waals surface area contributed by atoms with Gasteiger partial charge in [-0.2, -0.15) is 0 Å². The van der Waals surface area contributed by atoms with E-state index in [1.165, 1.54) is 69.8 Å². The van der Waals surface area contributed by atoms with Gasteiger partial charge in [-0.05, 0) is 68.6 Å². The van der Waals surface area contributed by atoms with Crippen molar-refractivity contribution in [1.29, 1.82) is 0 Å². The summed E-state index contributed by atoms with van der Waals surface area (Å²) < 4.78 is 0. The third kappa shape index (κ3) is 7.95. The largest absolute Gasteiger partial charge is 0.123 e. The zero-order chi connectivity index (χ0) is 19.7. The lowest BCUT2D eigenvalue weighted by Gasteiger charge is -2.41. The van der Waals surface area contributed by atoms with Gasteiger partial charge in [-0.1, -0.05) is 78.2 Å². The van der Waals surface area contributed by atoms with Crippen LogP contribution < -0.4 is 0 Å².